The van der Waals surface area contributed by atoms with Gasteiger partial charge in [-0.3, -0.25) is 5.32 Å². The molecule has 0 aliphatic carbocycles. The van der Waals surface area contributed by atoms with Gasteiger partial charge in [-0.2, -0.15) is 0 Å². The molecule has 2 atom stereocenters. The van der Waals surface area contributed by atoms with E-state index in [0.717, 1.165) is 55.3 Å². The number of aromatic nitrogens is 2. The van der Waals surface area contributed by atoms with E-state index >= 15 is 0 Å². The molecule has 3 aromatic heterocycles. The summed E-state index contributed by atoms with van der Waals surface area (Å²) in [7, 11) is 0. The van der Waals surface area contributed by atoms with Gasteiger partial charge in [0, 0.05) is 38.3 Å². The topological polar surface area (TPSA) is 47.1 Å². The van der Waals surface area contributed by atoms with E-state index in [0.29, 0.717) is 0 Å². The molecular formula is C46H32N4O. The Balaban J connectivity index is 1.28. The molecule has 10 aromatic rings. The van der Waals surface area contributed by atoms with E-state index in [1.165, 1.54) is 32.8 Å². The Labute approximate surface area is 293 Å². The van der Waals surface area contributed by atoms with Gasteiger partial charge in [-0.1, -0.05) is 121 Å². The normalized spacial score (nSPS) is 16.4. The molecule has 2 unspecified atom stereocenters. The zero-order chi connectivity index (χ0) is 33.5. The van der Waals surface area contributed by atoms with Crippen LogP contribution in [0.3, 0.4) is 0 Å². The van der Waals surface area contributed by atoms with Gasteiger partial charge in [0.15, 0.2) is 6.29 Å². The molecule has 0 spiro atoms. The maximum Gasteiger partial charge on any atom is 0.160 e. The molecule has 242 valence electrons. The number of fused-ring (bicyclic) bond motifs is 11. The van der Waals surface area contributed by atoms with Crippen molar-refractivity contribution in [3.8, 4) is 5.69 Å². The summed E-state index contributed by atoms with van der Waals surface area (Å²) >= 11 is 0. The highest BCUT2D eigenvalue weighted by Crippen LogP contribution is 2.46. The van der Waals surface area contributed by atoms with Crippen LogP contribution >= 0.6 is 0 Å². The molecule has 0 saturated carbocycles. The molecule has 0 radical (unpaired) electrons. The number of para-hydroxylation sites is 3. The number of hydrogen-bond acceptors (Lipinski definition) is 3. The number of rotatable bonds is 4. The largest absolute Gasteiger partial charge is 0.455 e. The first-order valence-electron chi connectivity index (χ1n) is 17.5. The Kier molecular flexibility index (Phi) is 6.09. The van der Waals surface area contributed by atoms with E-state index in [-0.39, 0.29) is 12.3 Å². The number of nitrogens with one attached hydrogen (secondary N) is 2. The highest BCUT2D eigenvalue weighted by Gasteiger charge is 2.30. The third-order valence-corrected chi connectivity index (χ3v) is 10.6. The fourth-order valence-electron chi connectivity index (χ4n) is 8.38. The summed E-state index contributed by atoms with van der Waals surface area (Å²) in [6, 6.07) is 58.3. The van der Waals surface area contributed by atoms with E-state index in [9.17, 15) is 0 Å². The van der Waals surface area contributed by atoms with Crippen LogP contribution in [0.25, 0.3) is 76.9 Å². The van der Waals surface area contributed by atoms with Crippen LogP contribution in [0.5, 0.6) is 0 Å². The van der Waals surface area contributed by atoms with E-state index in [1.54, 1.807) is 0 Å². The maximum atomic E-state index is 6.85. The summed E-state index contributed by atoms with van der Waals surface area (Å²) in [6.45, 7) is 0. The van der Waals surface area contributed by atoms with Gasteiger partial charge in [-0.25, -0.2) is 0 Å². The zero-order valence-electron chi connectivity index (χ0n) is 27.6. The van der Waals surface area contributed by atoms with Gasteiger partial charge in [-0.15, -0.1) is 0 Å². The van der Waals surface area contributed by atoms with Gasteiger partial charge < -0.3 is 18.9 Å². The van der Waals surface area contributed by atoms with Gasteiger partial charge in [0.2, 0.25) is 0 Å². The summed E-state index contributed by atoms with van der Waals surface area (Å²) in [5, 5.41) is 14.9. The van der Waals surface area contributed by atoms with Crippen molar-refractivity contribution in [2.24, 2.45) is 0 Å². The summed E-state index contributed by atoms with van der Waals surface area (Å²) in [5.74, 6) is 0. The predicted octanol–water partition coefficient (Wildman–Crippen LogP) is 11.2. The first-order chi connectivity index (χ1) is 25.3. The lowest BCUT2D eigenvalue weighted by Crippen LogP contribution is -2.43. The van der Waals surface area contributed by atoms with Crippen LogP contribution in [-0.4, -0.2) is 9.13 Å². The van der Waals surface area contributed by atoms with Crippen molar-refractivity contribution in [2.45, 2.75) is 12.3 Å². The fourth-order valence-corrected chi connectivity index (χ4v) is 8.38. The minimum atomic E-state index is -0.274. The summed E-state index contributed by atoms with van der Waals surface area (Å²) < 4.78 is 11.7. The van der Waals surface area contributed by atoms with Gasteiger partial charge in [0.1, 0.15) is 11.2 Å². The van der Waals surface area contributed by atoms with Crippen LogP contribution in [0.4, 0.5) is 0 Å². The number of furan rings is 1. The SMILES string of the molecule is C1=C(c2ccccc2)NC(n2c3ccc4c5ccccc5oc4c3c3c4c(ccc32)c2ccccc2n4-c2ccccc2)NC1c1ccccc1. The van der Waals surface area contributed by atoms with Crippen molar-refractivity contribution in [3.63, 3.8) is 0 Å². The second-order valence-electron chi connectivity index (χ2n) is 13.4. The van der Waals surface area contributed by atoms with Crippen LogP contribution in [0.2, 0.25) is 0 Å². The molecule has 1 aliphatic rings. The Hall–Kier alpha value is -6.56. The van der Waals surface area contributed by atoms with Crippen molar-refractivity contribution in [2.75, 3.05) is 0 Å². The molecule has 2 N–H and O–H groups in total. The van der Waals surface area contributed by atoms with Crippen LogP contribution < -0.4 is 10.6 Å². The summed E-state index contributed by atoms with van der Waals surface area (Å²) in [5.41, 5.74) is 10.9. The molecule has 0 fully saturated rings. The molecule has 1 aliphatic heterocycles. The molecule has 4 heterocycles. The first-order valence-corrected chi connectivity index (χ1v) is 17.5. The summed E-state index contributed by atoms with van der Waals surface area (Å²) in [6.07, 6.45) is 2.03. The van der Waals surface area contributed by atoms with E-state index in [4.69, 9.17) is 4.42 Å². The van der Waals surface area contributed by atoms with Gasteiger partial charge in [0.25, 0.3) is 0 Å². The number of nitrogens with zero attached hydrogens (tertiary/aromatic N) is 2. The van der Waals surface area contributed by atoms with E-state index < -0.39 is 0 Å². The highest BCUT2D eigenvalue weighted by atomic mass is 16.3. The monoisotopic (exact) mass is 656 g/mol. The highest BCUT2D eigenvalue weighted by molar-refractivity contribution is 6.31. The average Bonchev–Trinajstić information content (AvgIpc) is 3.86. The molecule has 11 rings (SSSR count). The van der Waals surface area contributed by atoms with Crippen molar-refractivity contribution >= 4 is 71.2 Å². The second-order valence-corrected chi connectivity index (χ2v) is 13.4. The molecule has 5 heteroatoms. The standard InChI is InChI=1S/C46H32N4O/c1-4-14-29(15-5-1)36-28-37(30-16-6-2-7-17-30)48-46(47-36)50-39-26-24-34-32-20-10-12-22-38(32)49(31-18-8-3-9-19-31)44(34)42(39)43-40(50)27-25-35-33-21-11-13-23-41(33)51-45(35)43/h1-28,36,46-48H. The predicted molar refractivity (Wildman–Crippen MR) is 210 cm³/mol. The van der Waals surface area contributed by atoms with Crippen LogP contribution in [0, 0.1) is 0 Å². The number of benzene rings is 7. The van der Waals surface area contributed by atoms with E-state index in [1.807, 2.05) is 6.07 Å². The number of hydrogen-bond donors (Lipinski definition) is 2. The molecule has 0 bridgehead atoms. The fraction of sp³-hybridized carbons (Fsp3) is 0.0435. The lowest BCUT2D eigenvalue weighted by Gasteiger charge is -2.34. The second kappa shape index (κ2) is 11.0. The third-order valence-electron chi connectivity index (χ3n) is 10.6. The average molecular weight is 657 g/mol. The van der Waals surface area contributed by atoms with Crippen molar-refractivity contribution in [1.29, 1.82) is 0 Å². The van der Waals surface area contributed by atoms with Crippen LogP contribution in [0.15, 0.2) is 174 Å². The maximum absolute atomic E-state index is 6.85. The van der Waals surface area contributed by atoms with Crippen molar-refractivity contribution in [3.05, 3.63) is 181 Å². The van der Waals surface area contributed by atoms with Gasteiger partial charge >= 0.3 is 0 Å². The molecule has 5 nitrogen and oxygen atoms in total. The van der Waals surface area contributed by atoms with E-state index in [2.05, 4.69) is 184 Å². The Morgan fingerprint density at radius 2 is 1.16 bits per heavy atom. The quantitative estimate of drug-likeness (QED) is 0.198. The molecule has 7 aromatic carbocycles. The van der Waals surface area contributed by atoms with Crippen LogP contribution in [0.1, 0.15) is 23.5 Å². The first kappa shape index (κ1) is 28.3. The van der Waals surface area contributed by atoms with Crippen LogP contribution in [-0.2, 0) is 0 Å². The smallest absolute Gasteiger partial charge is 0.160 e. The zero-order valence-corrected chi connectivity index (χ0v) is 27.6. The Bertz CT molecular complexity index is 2970. The Morgan fingerprint density at radius 3 is 1.96 bits per heavy atom. The van der Waals surface area contributed by atoms with Gasteiger partial charge in [0.05, 0.1) is 33.5 Å². The summed E-state index contributed by atoms with van der Waals surface area (Å²) in [4.78, 5) is 0. The third kappa shape index (κ3) is 4.19. The molecule has 0 saturated heterocycles. The molecule has 0 amide bonds. The molecule has 51 heavy (non-hydrogen) atoms. The molecular weight excluding hydrogens is 625 g/mol. The lowest BCUT2D eigenvalue weighted by atomic mass is 10.0. The minimum absolute atomic E-state index is 0.0189. The van der Waals surface area contributed by atoms with Gasteiger partial charge in [-0.05, 0) is 59.7 Å². The lowest BCUT2D eigenvalue weighted by molar-refractivity contribution is 0.350. The van der Waals surface area contributed by atoms with Crippen molar-refractivity contribution < 1.29 is 4.42 Å². The Morgan fingerprint density at radius 1 is 0.510 bits per heavy atom. The minimum Gasteiger partial charge on any atom is -0.455 e. The van der Waals surface area contributed by atoms with Crippen molar-refractivity contribution in [1.82, 2.24) is 19.8 Å².